The zero-order valence-electron chi connectivity index (χ0n) is 27.0. The zero-order chi connectivity index (χ0) is 34.4. The van der Waals surface area contributed by atoms with Crippen molar-refractivity contribution in [2.45, 2.75) is 9.79 Å². The molecule has 0 aliphatic heterocycles. The number of carbonyl (C=O) groups is 2. The predicted octanol–water partition coefficient (Wildman–Crippen LogP) is 3.61. The molecule has 0 radical (unpaired) electrons. The molecule has 0 saturated carbocycles. The Balaban J connectivity index is 1.32. The minimum Gasteiger partial charge on any atom is -0.398 e. The van der Waals surface area contributed by atoms with Crippen molar-refractivity contribution in [1.29, 1.82) is 5.41 Å². The molecule has 3 aromatic rings. The number of ether oxygens (including phenoxy) is 6. The maximum Gasteiger partial charge on any atom is 0.250 e. The molecule has 2 amide bonds. The van der Waals surface area contributed by atoms with Gasteiger partial charge < -0.3 is 45.2 Å². The smallest absolute Gasteiger partial charge is 0.250 e. The van der Waals surface area contributed by atoms with Crippen LogP contribution in [-0.2, 0) is 33.2 Å². The van der Waals surface area contributed by atoms with Gasteiger partial charge in [-0.05, 0) is 54.5 Å². The first-order valence-electron chi connectivity index (χ1n) is 15.2. The molecule has 0 aliphatic carbocycles. The number of nitrogens with one attached hydrogen (secondary N) is 2. The SMILES string of the molecule is COCCOCCOCCOCCOCCOCC(=O)Nc1cccc(C#CC(=N)c2ccc(Sc3ccccc3C(N)=O)cc2N)c1. The van der Waals surface area contributed by atoms with Gasteiger partial charge in [-0.25, -0.2) is 0 Å². The zero-order valence-corrected chi connectivity index (χ0v) is 27.8. The molecule has 0 heterocycles. The van der Waals surface area contributed by atoms with Crippen molar-refractivity contribution in [3.63, 3.8) is 0 Å². The number of anilines is 2. The highest BCUT2D eigenvalue weighted by Gasteiger charge is 2.11. The lowest BCUT2D eigenvalue weighted by atomic mass is 10.1. The fourth-order valence-corrected chi connectivity index (χ4v) is 4.98. The highest BCUT2D eigenvalue weighted by Crippen LogP contribution is 2.32. The Labute approximate surface area is 285 Å². The van der Waals surface area contributed by atoms with E-state index in [4.69, 9.17) is 45.3 Å². The van der Waals surface area contributed by atoms with E-state index in [1.54, 1.807) is 55.6 Å². The molecular weight excluding hydrogens is 636 g/mol. The number of amides is 2. The van der Waals surface area contributed by atoms with Crippen LogP contribution in [-0.4, -0.2) is 97.3 Å². The fraction of sp³-hybridized carbons (Fsp3) is 0.343. The van der Waals surface area contributed by atoms with E-state index in [1.807, 2.05) is 18.2 Å². The molecule has 3 rings (SSSR count). The number of primary amides is 1. The molecule has 0 bridgehead atoms. The fourth-order valence-electron chi connectivity index (χ4n) is 3.98. The molecule has 256 valence electrons. The van der Waals surface area contributed by atoms with Crippen molar-refractivity contribution in [3.8, 4) is 11.8 Å². The highest BCUT2D eigenvalue weighted by molar-refractivity contribution is 7.99. The Morgan fingerprint density at radius 2 is 1.40 bits per heavy atom. The lowest BCUT2D eigenvalue weighted by Gasteiger charge is -2.09. The van der Waals surface area contributed by atoms with Gasteiger partial charge in [-0.15, -0.1) is 0 Å². The van der Waals surface area contributed by atoms with Crippen molar-refractivity contribution >= 4 is 40.7 Å². The first-order valence-corrected chi connectivity index (χ1v) is 16.0. The summed E-state index contributed by atoms with van der Waals surface area (Å²) in [4.78, 5) is 25.6. The van der Waals surface area contributed by atoms with Gasteiger partial charge in [-0.1, -0.05) is 35.9 Å². The van der Waals surface area contributed by atoms with Gasteiger partial charge in [-0.3, -0.25) is 15.0 Å². The summed E-state index contributed by atoms with van der Waals surface area (Å²) >= 11 is 1.36. The summed E-state index contributed by atoms with van der Waals surface area (Å²) in [6.45, 7) is 4.39. The third-order valence-corrected chi connectivity index (χ3v) is 7.37. The average Bonchev–Trinajstić information content (AvgIpc) is 3.07. The van der Waals surface area contributed by atoms with Crippen molar-refractivity contribution < 1.29 is 38.0 Å². The van der Waals surface area contributed by atoms with E-state index >= 15 is 0 Å². The summed E-state index contributed by atoms with van der Waals surface area (Å²) in [5.74, 6) is 4.95. The average molecular weight is 679 g/mol. The molecule has 0 unspecified atom stereocenters. The van der Waals surface area contributed by atoms with Crippen LogP contribution >= 0.6 is 11.8 Å². The summed E-state index contributed by atoms with van der Waals surface area (Å²) in [6.07, 6.45) is 0. The number of nitrogen functional groups attached to an aromatic ring is 1. The van der Waals surface area contributed by atoms with Crippen LogP contribution in [0.1, 0.15) is 21.5 Å². The second-order valence-electron chi connectivity index (χ2n) is 9.96. The molecule has 0 aromatic heterocycles. The highest BCUT2D eigenvalue weighted by atomic mass is 32.2. The van der Waals surface area contributed by atoms with Crippen LogP contribution in [0.25, 0.3) is 0 Å². The van der Waals surface area contributed by atoms with Crippen molar-refractivity contribution in [3.05, 3.63) is 83.4 Å². The van der Waals surface area contributed by atoms with Crippen LogP contribution in [0, 0.1) is 17.3 Å². The molecule has 0 atom stereocenters. The van der Waals surface area contributed by atoms with E-state index in [2.05, 4.69) is 17.2 Å². The number of nitrogens with two attached hydrogens (primary N) is 2. The van der Waals surface area contributed by atoms with Gasteiger partial charge in [0.25, 0.3) is 0 Å². The summed E-state index contributed by atoms with van der Waals surface area (Å²) in [5.41, 5.74) is 14.2. The van der Waals surface area contributed by atoms with Gasteiger partial charge in [0, 0.05) is 39.4 Å². The van der Waals surface area contributed by atoms with Crippen LogP contribution in [0.3, 0.4) is 0 Å². The lowest BCUT2D eigenvalue weighted by molar-refractivity contribution is -0.121. The van der Waals surface area contributed by atoms with Crippen LogP contribution in [0.2, 0.25) is 0 Å². The van der Waals surface area contributed by atoms with Gasteiger partial charge in [0.2, 0.25) is 11.8 Å². The Bertz CT molecular complexity index is 1540. The summed E-state index contributed by atoms with van der Waals surface area (Å²) in [6, 6.07) is 19.3. The lowest BCUT2D eigenvalue weighted by Crippen LogP contribution is -2.20. The molecule has 0 saturated heterocycles. The Morgan fingerprint density at radius 3 is 2.02 bits per heavy atom. The van der Waals surface area contributed by atoms with Gasteiger partial charge in [0.05, 0.1) is 71.6 Å². The Morgan fingerprint density at radius 1 is 0.771 bits per heavy atom. The standard InChI is InChI=1S/C35H42N4O8S/c1-42-13-14-43-15-16-44-17-18-45-19-20-46-21-22-47-25-34(40)39-27-6-4-5-26(23-27)9-12-31(36)29-11-10-28(24-32(29)37)48-33-8-3-2-7-30(33)35(38)41/h2-8,10-11,23-24,36H,13-22,25,37H2,1H3,(H2,38,41)(H,39,40). The molecule has 48 heavy (non-hydrogen) atoms. The van der Waals surface area contributed by atoms with Crippen molar-refractivity contribution in [2.75, 3.05) is 90.8 Å². The van der Waals surface area contributed by atoms with Gasteiger partial charge in [0.1, 0.15) is 12.3 Å². The topological polar surface area (TPSA) is 177 Å². The maximum atomic E-state index is 12.3. The predicted molar refractivity (Wildman–Crippen MR) is 185 cm³/mol. The van der Waals surface area contributed by atoms with E-state index in [1.165, 1.54) is 11.8 Å². The Hall–Kier alpha value is -4.26. The second-order valence-corrected chi connectivity index (χ2v) is 11.1. The summed E-state index contributed by atoms with van der Waals surface area (Å²) in [7, 11) is 1.63. The first kappa shape index (κ1) is 38.2. The van der Waals surface area contributed by atoms with E-state index in [9.17, 15) is 9.59 Å². The third-order valence-electron chi connectivity index (χ3n) is 6.30. The first-order chi connectivity index (χ1) is 23.4. The number of carbonyl (C=O) groups excluding carboxylic acids is 2. The minimum absolute atomic E-state index is 0.0443. The second kappa shape index (κ2) is 22.3. The van der Waals surface area contributed by atoms with E-state index in [0.29, 0.717) is 92.4 Å². The monoisotopic (exact) mass is 678 g/mol. The molecule has 13 heteroatoms. The third kappa shape index (κ3) is 14.7. The van der Waals surface area contributed by atoms with Crippen LogP contribution in [0.15, 0.2) is 76.5 Å². The molecule has 0 spiro atoms. The summed E-state index contributed by atoms with van der Waals surface area (Å²) < 4.78 is 31.9. The summed E-state index contributed by atoms with van der Waals surface area (Å²) in [5, 5.41) is 11.2. The quantitative estimate of drug-likeness (QED) is 0.0531. The van der Waals surface area contributed by atoms with Gasteiger partial charge in [-0.2, -0.15) is 0 Å². The van der Waals surface area contributed by atoms with Crippen molar-refractivity contribution in [2.24, 2.45) is 5.73 Å². The molecule has 3 aromatic carbocycles. The van der Waals surface area contributed by atoms with Gasteiger partial charge >= 0.3 is 0 Å². The molecule has 0 fully saturated rings. The maximum absolute atomic E-state index is 12.3. The minimum atomic E-state index is -0.508. The molecule has 0 aliphatic rings. The van der Waals surface area contributed by atoms with Crippen LogP contribution in [0.4, 0.5) is 11.4 Å². The van der Waals surface area contributed by atoms with Gasteiger partial charge in [0.15, 0.2) is 0 Å². The number of benzene rings is 3. The number of hydrogen-bond acceptors (Lipinski definition) is 11. The van der Waals surface area contributed by atoms with E-state index in [-0.39, 0.29) is 24.8 Å². The van der Waals surface area contributed by atoms with E-state index < -0.39 is 5.91 Å². The number of hydrogen-bond donors (Lipinski definition) is 4. The van der Waals surface area contributed by atoms with Crippen molar-refractivity contribution in [1.82, 2.24) is 0 Å². The molecular formula is C35H42N4O8S. The number of rotatable bonds is 22. The van der Waals surface area contributed by atoms with E-state index in [0.717, 1.165) is 4.90 Å². The molecule has 6 N–H and O–H groups in total. The number of methoxy groups -OCH3 is 1. The normalized spacial score (nSPS) is 10.7. The largest absolute Gasteiger partial charge is 0.398 e. The molecule has 12 nitrogen and oxygen atoms in total. The Kier molecular flexibility index (Phi) is 17.8. The van der Waals surface area contributed by atoms with Crippen LogP contribution in [0.5, 0.6) is 0 Å². The van der Waals surface area contributed by atoms with Crippen LogP contribution < -0.4 is 16.8 Å².